The van der Waals surface area contributed by atoms with E-state index in [2.05, 4.69) is 33.8 Å². The maximum atomic E-state index is 11.5. The van der Waals surface area contributed by atoms with E-state index in [0.717, 1.165) is 28.6 Å². The summed E-state index contributed by atoms with van der Waals surface area (Å²) in [5.41, 5.74) is 13.8. The molecule has 5 heteroatoms. The third-order valence-corrected chi connectivity index (χ3v) is 4.57. The van der Waals surface area contributed by atoms with Crippen LogP contribution >= 0.6 is 15.9 Å². The van der Waals surface area contributed by atoms with Crippen molar-refractivity contribution in [2.24, 2.45) is 17.4 Å². The van der Waals surface area contributed by atoms with Crippen molar-refractivity contribution in [2.75, 3.05) is 11.4 Å². The van der Waals surface area contributed by atoms with Gasteiger partial charge in [-0.25, -0.2) is 0 Å². The molecule has 3 unspecified atom stereocenters. The van der Waals surface area contributed by atoms with E-state index in [9.17, 15) is 4.79 Å². The van der Waals surface area contributed by atoms with E-state index in [1.54, 1.807) is 0 Å². The minimum Gasteiger partial charge on any atom is -0.369 e. The van der Waals surface area contributed by atoms with Crippen molar-refractivity contribution in [2.45, 2.75) is 38.8 Å². The first-order valence-corrected chi connectivity index (χ1v) is 7.80. The number of piperidine rings is 1. The van der Waals surface area contributed by atoms with E-state index in [-0.39, 0.29) is 17.9 Å². The average Bonchev–Trinajstić information content (AvgIpc) is 2.38. The summed E-state index contributed by atoms with van der Waals surface area (Å²) >= 11 is 3.52. The zero-order valence-corrected chi connectivity index (χ0v) is 13.6. The summed E-state index contributed by atoms with van der Waals surface area (Å²) in [7, 11) is 0. The van der Waals surface area contributed by atoms with Gasteiger partial charge >= 0.3 is 0 Å². The third kappa shape index (κ3) is 3.15. The highest BCUT2D eigenvalue weighted by atomic mass is 79.9. The van der Waals surface area contributed by atoms with Gasteiger partial charge in [0.05, 0.1) is 5.92 Å². The lowest BCUT2D eigenvalue weighted by Gasteiger charge is -2.40. The molecule has 4 N–H and O–H groups in total. The van der Waals surface area contributed by atoms with Gasteiger partial charge in [-0.1, -0.05) is 22.0 Å². The van der Waals surface area contributed by atoms with Gasteiger partial charge in [-0.05, 0) is 44.4 Å². The van der Waals surface area contributed by atoms with E-state index in [4.69, 9.17) is 11.5 Å². The Labute approximate surface area is 128 Å². The molecule has 0 aliphatic carbocycles. The van der Waals surface area contributed by atoms with Crippen LogP contribution in [0.2, 0.25) is 0 Å². The van der Waals surface area contributed by atoms with E-state index in [1.807, 2.05) is 19.1 Å². The Morgan fingerprint density at radius 2 is 2.15 bits per heavy atom. The van der Waals surface area contributed by atoms with Crippen molar-refractivity contribution in [1.29, 1.82) is 0 Å². The molecule has 1 aliphatic heterocycles. The number of rotatable bonds is 3. The highest BCUT2D eigenvalue weighted by Gasteiger charge is 2.30. The number of anilines is 1. The molecule has 1 aliphatic rings. The number of hydrogen-bond acceptors (Lipinski definition) is 3. The zero-order chi connectivity index (χ0) is 14.9. The molecule has 1 saturated heterocycles. The quantitative estimate of drug-likeness (QED) is 0.888. The third-order valence-electron chi connectivity index (χ3n) is 4.08. The fourth-order valence-corrected chi connectivity index (χ4v) is 3.17. The maximum Gasteiger partial charge on any atom is 0.222 e. The fraction of sp³-hybridized carbons (Fsp3) is 0.533. The monoisotopic (exact) mass is 339 g/mol. The van der Waals surface area contributed by atoms with Crippen molar-refractivity contribution in [3.05, 3.63) is 28.2 Å². The number of carbonyl (C=O) groups is 1. The molecule has 1 heterocycles. The molecule has 3 atom stereocenters. The number of nitrogens with zero attached hydrogens (tertiary/aromatic N) is 1. The van der Waals surface area contributed by atoms with Gasteiger partial charge in [-0.15, -0.1) is 0 Å². The molecular weight excluding hydrogens is 318 g/mol. The molecule has 2 rings (SSSR count). The second-order valence-electron chi connectivity index (χ2n) is 5.67. The minimum absolute atomic E-state index is 0.0424. The normalized spacial score (nSPS) is 24.5. The number of primary amides is 1. The average molecular weight is 340 g/mol. The predicted molar refractivity (Wildman–Crippen MR) is 85.5 cm³/mol. The van der Waals surface area contributed by atoms with Crippen LogP contribution < -0.4 is 16.4 Å². The Kier molecular flexibility index (Phi) is 4.70. The highest BCUT2D eigenvalue weighted by molar-refractivity contribution is 9.10. The first-order chi connectivity index (χ1) is 9.40. The molecule has 1 amide bonds. The molecular formula is C15H22BrN3O. The Balaban J connectivity index is 2.37. The molecule has 0 bridgehead atoms. The van der Waals surface area contributed by atoms with Crippen LogP contribution in [0.15, 0.2) is 22.7 Å². The number of halogens is 1. The van der Waals surface area contributed by atoms with Crippen LogP contribution in [-0.4, -0.2) is 18.5 Å². The summed E-state index contributed by atoms with van der Waals surface area (Å²) in [5, 5.41) is 0. The Bertz CT molecular complexity index is 504. The van der Waals surface area contributed by atoms with Crippen molar-refractivity contribution in [1.82, 2.24) is 0 Å². The Morgan fingerprint density at radius 3 is 2.75 bits per heavy atom. The number of amides is 1. The molecule has 0 saturated carbocycles. The van der Waals surface area contributed by atoms with Gasteiger partial charge in [0.15, 0.2) is 0 Å². The number of benzene rings is 1. The van der Waals surface area contributed by atoms with Crippen LogP contribution in [0.4, 0.5) is 5.69 Å². The van der Waals surface area contributed by atoms with E-state index < -0.39 is 0 Å². The van der Waals surface area contributed by atoms with Crippen molar-refractivity contribution in [3.8, 4) is 0 Å². The van der Waals surface area contributed by atoms with Crippen molar-refractivity contribution in [3.63, 3.8) is 0 Å². The lowest BCUT2D eigenvalue weighted by molar-refractivity contribution is -0.122. The standard InChI is InChI=1S/C15H22BrN3O/c1-9-3-4-11(15(18)20)8-19(9)14-7-12(16)5-6-13(14)10(2)17/h5-7,9-11H,3-4,8,17H2,1-2H3,(H2,18,20). The molecule has 0 aromatic heterocycles. The SMILES string of the molecule is CC(N)c1ccc(Br)cc1N1CC(C(N)=O)CCC1C. The van der Waals surface area contributed by atoms with Gasteiger partial charge in [0, 0.05) is 28.8 Å². The van der Waals surface area contributed by atoms with Crippen LogP contribution in [0.5, 0.6) is 0 Å². The van der Waals surface area contributed by atoms with Gasteiger partial charge < -0.3 is 16.4 Å². The second kappa shape index (κ2) is 6.14. The molecule has 0 spiro atoms. The van der Waals surface area contributed by atoms with Crippen LogP contribution in [0, 0.1) is 5.92 Å². The summed E-state index contributed by atoms with van der Waals surface area (Å²) in [6.07, 6.45) is 1.84. The Hall–Kier alpha value is -1.07. The van der Waals surface area contributed by atoms with Crippen LogP contribution in [-0.2, 0) is 4.79 Å². The maximum absolute atomic E-state index is 11.5. The fourth-order valence-electron chi connectivity index (χ4n) is 2.83. The van der Waals surface area contributed by atoms with Gasteiger partial charge in [-0.3, -0.25) is 4.79 Å². The first-order valence-electron chi connectivity index (χ1n) is 7.01. The lowest BCUT2D eigenvalue weighted by Crippen LogP contribution is -2.46. The van der Waals surface area contributed by atoms with Gasteiger partial charge in [0.1, 0.15) is 0 Å². The Morgan fingerprint density at radius 1 is 1.45 bits per heavy atom. The van der Waals surface area contributed by atoms with E-state index in [0.29, 0.717) is 12.6 Å². The van der Waals surface area contributed by atoms with Gasteiger partial charge in [0.25, 0.3) is 0 Å². The van der Waals surface area contributed by atoms with Crippen molar-refractivity contribution < 1.29 is 4.79 Å². The number of hydrogen-bond donors (Lipinski definition) is 2. The molecule has 1 aromatic carbocycles. The topological polar surface area (TPSA) is 72.3 Å². The first kappa shape index (κ1) is 15.3. The largest absolute Gasteiger partial charge is 0.369 e. The minimum atomic E-state index is -0.209. The summed E-state index contributed by atoms with van der Waals surface area (Å²) in [5.74, 6) is -0.287. The van der Waals surface area contributed by atoms with Gasteiger partial charge in [-0.2, -0.15) is 0 Å². The number of carbonyl (C=O) groups excluding carboxylic acids is 1. The highest BCUT2D eigenvalue weighted by Crippen LogP contribution is 2.34. The van der Waals surface area contributed by atoms with Crippen LogP contribution in [0.25, 0.3) is 0 Å². The van der Waals surface area contributed by atoms with Crippen LogP contribution in [0.3, 0.4) is 0 Å². The van der Waals surface area contributed by atoms with E-state index in [1.165, 1.54) is 0 Å². The lowest BCUT2D eigenvalue weighted by atomic mass is 9.91. The molecule has 1 fully saturated rings. The summed E-state index contributed by atoms with van der Waals surface area (Å²) in [6, 6.07) is 6.47. The summed E-state index contributed by atoms with van der Waals surface area (Å²) in [6.45, 7) is 4.84. The van der Waals surface area contributed by atoms with E-state index >= 15 is 0 Å². The second-order valence-corrected chi connectivity index (χ2v) is 6.59. The summed E-state index contributed by atoms with van der Waals surface area (Å²) in [4.78, 5) is 13.8. The molecule has 20 heavy (non-hydrogen) atoms. The smallest absolute Gasteiger partial charge is 0.222 e. The number of nitrogens with two attached hydrogens (primary N) is 2. The predicted octanol–water partition coefficient (Wildman–Crippen LogP) is 2.56. The summed E-state index contributed by atoms with van der Waals surface area (Å²) < 4.78 is 1.02. The molecule has 1 aromatic rings. The van der Waals surface area contributed by atoms with Crippen molar-refractivity contribution >= 4 is 27.5 Å². The van der Waals surface area contributed by atoms with Crippen LogP contribution in [0.1, 0.15) is 38.3 Å². The molecule has 110 valence electrons. The van der Waals surface area contributed by atoms with Gasteiger partial charge in [0.2, 0.25) is 5.91 Å². The molecule has 4 nitrogen and oxygen atoms in total. The molecule has 0 radical (unpaired) electrons. The zero-order valence-electron chi connectivity index (χ0n) is 12.0.